The van der Waals surface area contributed by atoms with Gasteiger partial charge in [0.05, 0.1) is 5.69 Å². The highest BCUT2D eigenvalue weighted by molar-refractivity contribution is 6.30. The van der Waals surface area contributed by atoms with Crippen LogP contribution in [0.5, 0.6) is 0 Å². The van der Waals surface area contributed by atoms with Crippen molar-refractivity contribution in [3.8, 4) is 0 Å². The first-order valence-electron chi connectivity index (χ1n) is 4.67. The van der Waals surface area contributed by atoms with E-state index in [4.69, 9.17) is 17.3 Å². The van der Waals surface area contributed by atoms with Gasteiger partial charge in [0.15, 0.2) is 5.69 Å². The van der Waals surface area contributed by atoms with E-state index in [9.17, 15) is 4.79 Å². The summed E-state index contributed by atoms with van der Waals surface area (Å²) in [5.41, 5.74) is 6.85. The van der Waals surface area contributed by atoms with E-state index in [0.717, 1.165) is 0 Å². The zero-order valence-corrected chi connectivity index (χ0v) is 9.40. The molecule has 0 aliphatic carbocycles. The number of aryl methyl sites for hydroxylation is 1. The number of nitrogen functional groups attached to an aromatic ring is 1. The molecule has 0 saturated carbocycles. The molecule has 16 heavy (non-hydrogen) atoms. The van der Waals surface area contributed by atoms with Crippen LogP contribution in [-0.4, -0.2) is 15.6 Å². The van der Waals surface area contributed by atoms with Crippen molar-refractivity contribution >= 4 is 23.1 Å². The Morgan fingerprint density at radius 2 is 2.00 bits per heavy atom. The second kappa shape index (κ2) is 3.98. The molecular formula is C11H10ClN3O. The first-order chi connectivity index (χ1) is 7.58. The number of carbonyl (C=O) groups excluding carboxylic acids is 1. The topological polar surface area (TPSA) is 60.9 Å². The molecule has 1 aromatic heterocycles. The number of benzene rings is 1. The number of aromatic nitrogens is 2. The van der Waals surface area contributed by atoms with Crippen molar-refractivity contribution in [1.82, 2.24) is 9.78 Å². The van der Waals surface area contributed by atoms with Crippen LogP contribution in [0.15, 0.2) is 30.5 Å². The Kier molecular flexibility index (Phi) is 2.66. The Morgan fingerprint density at radius 1 is 1.38 bits per heavy atom. The number of carbonyl (C=O) groups is 1. The molecule has 4 nitrogen and oxygen atoms in total. The van der Waals surface area contributed by atoms with Gasteiger partial charge in [-0.2, -0.15) is 5.10 Å². The number of nitrogens with two attached hydrogens (primary N) is 1. The molecule has 2 aromatic rings. The Morgan fingerprint density at radius 3 is 2.50 bits per heavy atom. The third kappa shape index (κ3) is 1.92. The molecule has 0 fully saturated rings. The van der Waals surface area contributed by atoms with Gasteiger partial charge in [-0.25, -0.2) is 0 Å². The number of rotatable bonds is 2. The minimum atomic E-state index is -0.199. The molecule has 0 saturated heterocycles. The quantitative estimate of drug-likeness (QED) is 0.809. The van der Waals surface area contributed by atoms with E-state index < -0.39 is 0 Å². The van der Waals surface area contributed by atoms with Crippen molar-refractivity contribution in [2.24, 2.45) is 7.05 Å². The van der Waals surface area contributed by atoms with Gasteiger partial charge in [0.25, 0.3) is 0 Å². The second-order valence-corrected chi connectivity index (χ2v) is 3.88. The summed E-state index contributed by atoms with van der Waals surface area (Å²) in [6.07, 6.45) is 1.60. The van der Waals surface area contributed by atoms with Gasteiger partial charge in [0.2, 0.25) is 5.78 Å². The molecule has 0 aliphatic rings. The van der Waals surface area contributed by atoms with Crippen LogP contribution in [0.25, 0.3) is 0 Å². The maximum atomic E-state index is 12.0. The van der Waals surface area contributed by atoms with E-state index in [1.807, 2.05) is 0 Å². The summed E-state index contributed by atoms with van der Waals surface area (Å²) in [6, 6.07) is 6.62. The van der Waals surface area contributed by atoms with Crippen molar-refractivity contribution in [2.45, 2.75) is 0 Å². The molecule has 0 spiro atoms. The Balaban J connectivity index is 2.39. The fourth-order valence-electron chi connectivity index (χ4n) is 1.42. The second-order valence-electron chi connectivity index (χ2n) is 3.44. The van der Waals surface area contributed by atoms with Crippen LogP contribution in [0.3, 0.4) is 0 Å². The maximum Gasteiger partial charge on any atom is 0.215 e. The van der Waals surface area contributed by atoms with Crippen molar-refractivity contribution < 1.29 is 4.79 Å². The van der Waals surface area contributed by atoms with Crippen molar-refractivity contribution in [3.63, 3.8) is 0 Å². The summed E-state index contributed by atoms with van der Waals surface area (Å²) < 4.78 is 1.51. The van der Waals surface area contributed by atoms with Gasteiger partial charge in [0, 0.05) is 23.8 Å². The lowest BCUT2D eigenvalue weighted by Crippen LogP contribution is -2.05. The van der Waals surface area contributed by atoms with E-state index in [2.05, 4.69) is 5.10 Å². The maximum absolute atomic E-state index is 12.0. The zero-order chi connectivity index (χ0) is 11.7. The molecule has 0 unspecified atom stereocenters. The van der Waals surface area contributed by atoms with Gasteiger partial charge < -0.3 is 5.73 Å². The molecule has 0 amide bonds. The normalized spacial score (nSPS) is 10.4. The van der Waals surface area contributed by atoms with Gasteiger partial charge in [-0.05, 0) is 24.3 Å². The summed E-state index contributed by atoms with van der Waals surface area (Å²) in [5, 5.41) is 4.61. The van der Waals surface area contributed by atoms with Crippen molar-refractivity contribution in [1.29, 1.82) is 0 Å². The van der Waals surface area contributed by atoms with E-state index in [-0.39, 0.29) is 11.5 Å². The largest absolute Gasteiger partial charge is 0.396 e. The minimum Gasteiger partial charge on any atom is -0.396 e. The number of hydrogen-bond donors (Lipinski definition) is 1. The molecule has 1 aromatic carbocycles. The summed E-state index contributed by atoms with van der Waals surface area (Å²) in [4.78, 5) is 12.0. The number of nitrogens with zero attached hydrogens (tertiary/aromatic N) is 2. The smallest absolute Gasteiger partial charge is 0.215 e. The molecular weight excluding hydrogens is 226 g/mol. The van der Waals surface area contributed by atoms with Gasteiger partial charge >= 0.3 is 0 Å². The highest BCUT2D eigenvalue weighted by Gasteiger charge is 2.15. The van der Waals surface area contributed by atoms with Gasteiger partial charge in [-0.1, -0.05) is 11.6 Å². The van der Waals surface area contributed by atoms with Crippen LogP contribution in [0, 0.1) is 0 Å². The SMILES string of the molecule is Cn1cc(N)c(C(=O)c2ccc(Cl)cc2)n1. The minimum absolute atomic E-state index is 0.199. The number of anilines is 1. The summed E-state index contributed by atoms with van der Waals surface area (Å²) in [5.74, 6) is -0.199. The Bertz CT molecular complexity index is 531. The fraction of sp³-hybridized carbons (Fsp3) is 0.0909. The lowest BCUT2D eigenvalue weighted by molar-refractivity contribution is 0.103. The number of ketones is 1. The van der Waals surface area contributed by atoms with E-state index in [1.54, 1.807) is 37.5 Å². The van der Waals surface area contributed by atoms with Crippen molar-refractivity contribution in [2.75, 3.05) is 5.73 Å². The Hall–Kier alpha value is -1.81. The number of halogens is 1. The molecule has 0 radical (unpaired) electrons. The predicted octanol–water partition coefficient (Wildman–Crippen LogP) is 1.89. The zero-order valence-electron chi connectivity index (χ0n) is 8.64. The first kappa shape index (κ1) is 10.7. The molecule has 0 atom stereocenters. The third-order valence-corrected chi connectivity index (χ3v) is 2.43. The fourth-order valence-corrected chi connectivity index (χ4v) is 1.55. The Labute approximate surface area is 97.6 Å². The molecule has 1 heterocycles. The van der Waals surface area contributed by atoms with Crippen LogP contribution in [0.1, 0.15) is 16.1 Å². The molecule has 2 N–H and O–H groups in total. The summed E-state index contributed by atoms with van der Waals surface area (Å²) >= 11 is 5.74. The van der Waals surface area contributed by atoms with E-state index >= 15 is 0 Å². The van der Waals surface area contributed by atoms with Crippen molar-refractivity contribution in [3.05, 3.63) is 46.7 Å². The molecule has 82 valence electrons. The van der Waals surface area contributed by atoms with Crippen LogP contribution in [0.4, 0.5) is 5.69 Å². The predicted molar refractivity (Wildman–Crippen MR) is 62.5 cm³/mol. The van der Waals surface area contributed by atoms with Crippen LogP contribution >= 0.6 is 11.6 Å². The van der Waals surface area contributed by atoms with Crippen LogP contribution < -0.4 is 5.73 Å². The van der Waals surface area contributed by atoms with Crippen LogP contribution in [-0.2, 0) is 7.05 Å². The molecule has 5 heteroatoms. The molecule has 0 bridgehead atoms. The highest BCUT2D eigenvalue weighted by Crippen LogP contribution is 2.16. The standard InChI is InChI=1S/C11H10ClN3O/c1-15-6-9(13)10(14-15)11(16)7-2-4-8(12)5-3-7/h2-6H,13H2,1H3. The monoisotopic (exact) mass is 235 g/mol. The molecule has 0 aliphatic heterocycles. The first-order valence-corrected chi connectivity index (χ1v) is 5.05. The summed E-state index contributed by atoms with van der Waals surface area (Å²) in [7, 11) is 1.72. The average molecular weight is 236 g/mol. The molecule has 2 rings (SSSR count). The van der Waals surface area contributed by atoms with E-state index in [1.165, 1.54) is 4.68 Å². The highest BCUT2D eigenvalue weighted by atomic mass is 35.5. The van der Waals surface area contributed by atoms with E-state index in [0.29, 0.717) is 16.3 Å². The van der Waals surface area contributed by atoms with Gasteiger partial charge in [-0.3, -0.25) is 9.48 Å². The summed E-state index contributed by atoms with van der Waals surface area (Å²) in [6.45, 7) is 0. The van der Waals surface area contributed by atoms with Gasteiger partial charge in [0.1, 0.15) is 0 Å². The number of hydrogen-bond acceptors (Lipinski definition) is 3. The lowest BCUT2D eigenvalue weighted by Gasteiger charge is -1.98. The van der Waals surface area contributed by atoms with Gasteiger partial charge in [-0.15, -0.1) is 0 Å². The average Bonchev–Trinajstić information content (AvgIpc) is 2.58. The third-order valence-electron chi connectivity index (χ3n) is 2.18. The lowest BCUT2D eigenvalue weighted by atomic mass is 10.1. The van der Waals surface area contributed by atoms with Crippen LogP contribution in [0.2, 0.25) is 5.02 Å².